The van der Waals surface area contributed by atoms with Gasteiger partial charge in [0.15, 0.2) is 0 Å². The van der Waals surface area contributed by atoms with Gasteiger partial charge in [-0.15, -0.1) is 0 Å². The molecule has 1 heterocycles. The van der Waals surface area contributed by atoms with Crippen molar-refractivity contribution in [2.45, 2.75) is 38.5 Å². The molecule has 0 radical (unpaired) electrons. The maximum atomic E-state index is 12.7. The van der Waals surface area contributed by atoms with E-state index >= 15 is 0 Å². The second-order valence-corrected chi connectivity index (χ2v) is 6.44. The number of hydrogen-bond donors (Lipinski definition) is 0. The average molecular weight is 308 g/mol. The van der Waals surface area contributed by atoms with Crippen LogP contribution in [0.15, 0.2) is 28.7 Å². The molecule has 0 aromatic heterocycles. The van der Waals surface area contributed by atoms with Crippen molar-refractivity contribution in [3.8, 4) is 0 Å². The molecule has 2 aliphatic rings. The van der Waals surface area contributed by atoms with E-state index in [1.54, 1.807) is 0 Å². The zero-order valence-electron chi connectivity index (χ0n) is 10.5. The summed E-state index contributed by atoms with van der Waals surface area (Å²) in [7, 11) is 0. The van der Waals surface area contributed by atoms with Gasteiger partial charge in [-0.05, 0) is 43.5 Å². The van der Waals surface area contributed by atoms with E-state index in [-0.39, 0.29) is 5.41 Å². The second kappa shape index (κ2) is 4.69. The highest BCUT2D eigenvalue weighted by Gasteiger charge is 2.47. The van der Waals surface area contributed by atoms with Crippen molar-refractivity contribution < 1.29 is 4.79 Å². The van der Waals surface area contributed by atoms with E-state index in [1.165, 1.54) is 19.3 Å². The molecule has 2 fully saturated rings. The number of benzene rings is 1. The quantitative estimate of drug-likeness (QED) is 0.763. The van der Waals surface area contributed by atoms with Gasteiger partial charge in [-0.1, -0.05) is 35.2 Å². The number of carbonyl (C=O) groups is 1. The summed E-state index contributed by atoms with van der Waals surface area (Å²) < 4.78 is 1.06. The van der Waals surface area contributed by atoms with Gasteiger partial charge >= 0.3 is 0 Å². The number of rotatable bonds is 1. The van der Waals surface area contributed by atoms with Gasteiger partial charge in [0.2, 0.25) is 5.91 Å². The Morgan fingerprint density at radius 2 is 1.67 bits per heavy atom. The number of amides is 1. The minimum absolute atomic E-state index is 0.0225. The molecule has 3 rings (SSSR count). The summed E-state index contributed by atoms with van der Waals surface area (Å²) in [6.45, 7) is 0.889. The largest absolute Gasteiger partial charge is 0.312 e. The van der Waals surface area contributed by atoms with Crippen LogP contribution in [0.4, 0.5) is 5.69 Å². The molecule has 96 valence electrons. The highest BCUT2D eigenvalue weighted by Crippen LogP contribution is 2.45. The predicted molar refractivity (Wildman–Crippen MR) is 76.6 cm³/mol. The molecule has 1 amide bonds. The number of anilines is 1. The summed E-state index contributed by atoms with van der Waals surface area (Å²) in [6, 6.07) is 8.08. The Balaban J connectivity index is 1.83. The van der Waals surface area contributed by atoms with Crippen molar-refractivity contribution in [1.29, 1.82) is 0 Å². The number of carbonyl (C=O) groups excluding carboxylic acids is 1. The summed E-state index contributed by atoms with van der Waals surface area (Å²) in [5.74, 6) is 0.365. The monoisotopic (exact) mass is 307 g/mol. The van der Waals surface area contributed by atoms with E-state index in [2.05, 4.69) is 15.9 Å². The maximum absolute atomic E-state index is 12.7. The van der Waals surface area contributed by atoms with Crippen molar-refractivity contribution in [3.63, 3.8) is 0 Å². The Bertz CT molecular complexity index is 448. The third-order valence-electron chi connectivity index (χ3n) is 4.46. The summed E-state index contributed by atoms with van der Waals surface area (Å²) in [5.41, 5.74) is 1.02. The third-order valence-corrected chi connectivity index (χ3v) is 4.99. The SMILES string of the molecule is O=C1N(c2ccc(Br)cc2)CCC12CCCCC2. The molecule has 1 aromatic carbocycles. The van der Waals surface area contributed by atoms with Gasteiger partial charge in [-0.2, -0.15) is 0 Å². The van der Waals surface area contributed by atoms with Crippen LogP contribution in [0, 0.1) is 5.41 Å². The van der Waals surface area contributed by atoms with E-state index in [0.29, 0.717) is 5.91 Å². The van der Waals surface area contributed by atoms with Crippen molar-refractivity contribution in [2.75, 3.05) is 11.4 Å². The van der Waals surface area contributed by atoms with Gasteiger partial charge in [0.05, 0.1) is 5.41 Å². The molecule has 0 atom stereocenters. The Labute approximate surface area is 116 Å². The first-order chi connectivity index (χ1) is 8.71. The van der Waals surface area contributed by atoms with Crippen LogP contribution in [0.2, 0.25) is 0 Å². The summed E-state index contributed by atoms with van der Waals surface area (Å²) in [4.78, 5) is 14.7. The lowest BCUT2D eigenvalue weighted by atomic mass is 9.73. The Morgan fingerprint density at radius 3 is 2.33 bits per heavy atom. The first-order valence-electron chi connectivity index (χ1n) is 6.79. The van der Waals surface area contributed by atoms with E-state index in [4.69, 9.17) is 0 Å². The lowest BCUT2D eigenvalue weighted by Gasteiger charge is -2.31. The minimum atomic E-state index is -0.0225. The van der Waals surface area contributed by atoms with Crippen LogP contribution >= 0.6 is 15.9 Å². The van der Waals surface area contributed by atoms with Crippen LogP contribution in [0.3, 0.4) is 0 Å². The van der Waals surface area contributed by atoms with Gasteiger partial charge in [0.1, 0.15) is 0 Å². The molecule has 1 aliphatic heterocycles. The molecular formula is C15H18BrNO. The number of nitrogens with zero attached hydrogens (tertiary/aromatic N) is 1. The highest BCUT2D eigenvalue weighted by atomic mass is 79.9. The molecule has 0 unspecified atom stereocenters. The molecule has 18 heavy (non-hydrogen) atoms. The zero-order valence-corrected chi connectivity index (χ0v) is 12.1. The zero-order chi connectivity index (χ0) is 12.6. The highest BCUT2D eigenvalue weighted by molar-refractivity contribution is 9.10. The molecule has 0 bridgehead atoms. The van der Waals surface area contributed by atoms with Crippen LogP contribution in [-0.4, -0.2) is 12.5 Å². The lowest BCUT2D eigenvalue weighted by molar-refractivity contribution is -0.127. The van der Waals surface area contributed by atoms with Crippen LogP contribution < -0.4 is 4.90 Å². The number of halogens is 1. The van der Waals surface area contributed by atoms with Crippen molar-refractivity contribution in [3.05, 3.63) is 28.7 Å². The molecule has 2 nitrogen and oxygen atoms in total. The summed E-state index contributed by atoms with van der Waals surface area (Å²) in [5, 5.41) is 0. The van der Waals surface area contributed by atoms with Crippen LogP contribution in [0.1, 0.15) is 38.5 Å². The summed E-state index contributed by atoms with van der Waals surface area (Å²) in [6.07, 6.45) is 6.98. The van der Waals surface area contributed by atoms with Crippen molar-refractivity contribution in [1.82, 2.24) is 0 Å². The van der Waals surface area contributed by atoms with Gasteiger partial charge < -0.3 is 4.90 Å². The minimum Gasteiger partial charge on any atom is -0.312 e. The lowest BCUT2D eigenvalue weighted by Crippen LogP contribution is -2.36. The first-order valence-corrected chi connectivity index (χ1v) is 7.58. The van der Waals surface area contributed by atoms with Crippen LogP contribution in [0.5, 0.6) is 0 Å². The van der Waals surface area contributed by atoms with E-state index in [0.717, 1.165) is 36.0 Å². The fourth-order valence-corrected chi connectivity index (χ4v) is 3.64. The first kappa shape index (κ1) is 12.2. The fourth-order valence-electron chi connectivity index (χ4n) is 3.38. The Kier molecular flexibility index (Phi) is 3.18. The number of hydrogen-bond acceptors (Lipinski definition) is 1. The van der Waals surface area contributed by atoms with Gasteiger partial charge in [0, 0.05) is 16.7 Å². The maximum Gasteiger partial charge on any atom is 0.233 e. The Hall–Kier alpha value is -0.830. The van der Waals surface area contributed by atoms with Gasteiger partial charge in [-0.25, -0.2) is 0 Å². The molecule has 0 N–H and O–H groups in total. The normalized spacial score (nSPS) is 22.7. The molecule has 1 aliphatic carbocycles. The van der Waals surface area contributed by atoms with Crippen LogP contribution in [-0.2, 0) is 4.79 Å². The topological polar surface area (TPSA) is 20.3 Å². The molecule has 1 saturated carbocycles. The van der Waals surface area contributed by atoms with E-state index < -0.39 is 0 Å². The predicted octanol–water partition coefficient (Wildman–Crippen LogP) is 4.14. The van der Waals surface area contributed by atoms with Gasteiger partial charge in [-0.3, -0.25) is 4.79 Å². The molecule has 1 saturated heterocycles. The van der Waals surface area contributed by atoms with Crippen LogP contribution in [0.25, 0.3) is 0 Å². The second-order valence-electron chi connectivity index (χ2n) is 5.52. The van der Waals surface area contributed by atoms with Crippen molar-refractivity contribution in [2.24, 2.45) is 5.41 Å². The van der Waals surface area contributed by atoms with Gasteiger partial charge in [0.25, 0.3) is 0 Å². The molecule has 1 spiro atoms. The molecule has 3 heteroatoms. The average Bonchev–Trinajstić information content (AvgIpc) is 2.70. The van der Waals surface area contributed by atoms with E-state index in [1.807, 2.05) is 29.2 Å². The van der Waals surface area contributed by atoms with E-state index in [9.17, 15) is 4.79 Å². The molecule has 1 aromatic rings. The smallest absolute Gasteiger partial charge is 0.233 e. The third kappa shape index (κ3) is 1.99. The van der Waals surface area contributed by atoms with Crippen molar-refractivity contribution >= 4 is 27.5 Å². The standard InChI is InChI=1S/C15H18BrNO/c16-12-4-6-13(7-5-12)17-11-10-15(14(17)18)8-2-1-3-9-15/h4-7H,1-3,8-11H2. The summed E-state index contributed by atoms with van der Waals surface area (Å²) >= 11 is 3.44. The Morgan fingerprint density at radius 1 is 1.00 bits per heavy atom. The molecular weight excluding hydrogens is 290 g/mol. The fraction of sp³-hybridized carbons (Fsp3) is 0.533.